The Bertz CT molecular complexity index is 1470. The Morgan fingerprint density at radius 1 is 1.02 bits per heavy atom. The molecule has 2 aromatic carbocycles. The monoisotopic (exact) mass is 724 g/mol. The molecule has 1 unspecified atom stereocenters. The van der Waals surface area contributed by atoms with Crippen LogP contribution in [0.15, 0.2) is 24.3 Å². The molecule has 0 aliphatic rings. The van der Waals surface area contributed by atoms with Crippen LogP contribution in [0.2, 0.25) is 0 Å². The van der Waals surface area contributed by atoms with Gasteiger partial charge in [-0.05, 0) is 0 Å². The summed E-state index contributed by atoms with van der Waals surface area (Å²) >= 11 is 3.76. The minimum absolute atomic E-state index is 0.0396. The number of halogens is 7. The average molecular weight is 725 g/mol. The summed E-state index contributed by atoms with van der Waals surface area (Å²) in [5.74, 6) is -15.2. The van der Waals surface area contributed by atoms with E-state index in [-0.39, 0.29) is 33.3 Å². The first-order valence-electron chi connectivity index (χ1n) is 11.0. The van der Waals surface area contributed by atoms with Crippen LogP contribution in [0.25, 0.3) is 10.1 Å². The van der Waals surface area contributed by atoms with Gasteiger partial charge < -0.3 is 0 Å². The van der Waals surface area contributed by atoms with Crippen molar-refractivity contribution >= 4 is 51.9 Å². The van der Waals surface area contributed by atoms with Crippen molar-refractivity contribution in [3.8, 4) is 5.75 Å². The maximum atomic E-state index is 15.3. The van der Waals surface area contributed by atoms with Crippen LogP contribution in [-0.2, 0) is 44.0 Å². The molecule has 0 radical (unpaired) electrons. The molecule has 0 aliphatic heterocycles. The molecule has 17 heteroatoms. The van der Waals surface area contributed by atoms with Crippen LogP contribution in [0.3, 0.4) is 0 Å². The predicted octanol–water partition coefficient (Wildman–Crippen LogP) is 7.86. The first kappa shape index (κ1) is 32.8. The van der Waals surface area contributed by atoms with E-state index in [2.05, 4.69) is 29.2 Å². The van der Waals surface area contributed by atoms with Crippen molar-refractivity contribution in [1.82, 2.24) is 0 Å². The number of hydrogen-bond donors (Lipinski definition) is 0. The maximum absolute atomic E-state index is 15.3. The second-order valence-corrected chi connectivity index (χ2v) is 13.4. The van der Waals surface area contributed by atoms with E-state index in [1.807, 2.05) is 13.8 Å². The van der Waals surface area contributed by atoms with Crippen molar-refractivity contribution in [3.63, 3.8) is 0 Å². The van der Waals surface area contributed by atoms with Gasteiger partial charge in [-0.3, -0.25) is 0 Å². The topological polar surface area (TPSA) is 78.9 Å². The molecule has 40 heavy (non-hydrogen) atoms. The molecule has 0 bridgehead atoms. The third-order valence-corrected chi connectivity index (χ3v) is 9.67. The van der Waals surface area contributed by atoms with Gasteiger partial charge in [0.1, 0.15) is 0 Å². The molecule has 0 aliphatic carbocycles. The summed E-state index contributed by atoms with van der Waals surface area (Å²) in [6, 6.07) is 3.77. The van der Waals surface area contributed by atoms with Crippen molar-refractivity contribution < 1.29 is 78.6 Å². The third kappa shape index (κ3) is 6.84. The number of carbonyl (C=O) groups is 2. The Balaban J connectivity index is 1.81. The van der Waals surface area contributed by atoms with Gasteiger partial charge in [0.25, 0.3) is 0 Å². The van der Waals surface area contributed by atoms with E-state index in [4.69, 9.17) is 4.52 Å². The molecule has 222 valence electrons. The van der Waals surface area contributed by atoms with E-state index in [9.17, 15) is 36.1 Å². The summed E-state index contributed by atoms with van der Waals surface area (Å²) in [5, 5.41) is -0.237. The molecule has 0 spiro atoms. The quantitative estimate of drug-likeness (QED) is 0.0291. The van der Waals surface area contributed by atoms with E-state index in [0.29, 0.717) is 11.3 Å². The zero-order valence-corrected chi connectivity index (χ0v) is 24.2. The Labute approximate surface area is 243 Å². The van der Waals surface area contributed by atoms with Crippen molar-refractivity contribution in [2.24, 2.45) is 5.92 Å². The van der Waals surface area contributed by atoms with E-state index >= 15 is 8.78 Å². The number of carbonyl (C=O) groups excluding carboxylic acids is 2. The van der Waals surface area contributed by atoms with Crippen LogP contribution in [0.4, 0.5) is 30.7 Å². The number of esters is 1. The fraction of sp³-hybridized carbons (Fsp3) is 0.304. The number of ether oxygens (including phenoxy) is 1. The molecule has 3 aromatic rings. The average Bonchev–Trinajstić information content (AvgIpc) is 3.34. The summed E-state index contributed by atoms with van der Waals surface area (Å²) in [6.07, 6.45) is 0.255. The normalized spacial score (nSPS) is 13.6. The van der Waals surface area contributed by atoms with Gasteiger partial charge in [-0.1, -0.05) is 0 Å². The molecule has 0 N–H and O–H groups in total. The van der Waals surface area contributed by atoms with E-state index in [1.165, 1.54) is 0 Å². The van der Waals surface area contributed by atoms with Gasteiger partial charge in [0.2, 0.25) is 17.5 Å². The van der Waals surface area contributed by atoms with Crippen molar-refractivity contribution in [1.29, 1.82) is 0 Å². The van der Waals surface area contributed by atoms with E-state index in [0.717, 1.165) is 36.0 Å². The zero-order chi connectivity index (χ0) is 30.0. The van der Waals surface area contributed by atoms with Crippen molar-refractivity contribution in [2.45, 2.75) is 25.9 Å². The Kier molecular flexibility index (Phi) is 10.7. The Morgan fingerprint density at radius 3 is 2.20 bits per heavy atom. The fourth-order valence-electron chi connectivity index (χ4n) is 3.14. The molecule has 0 amide bonds. The number of thiophene rings is 1. The van der Waals surface area contributed by atoms with E-state index in [1.54, 1.807) is 0 Å². The summed E-state index contributed by atoms with van der Waals surface area (Å²) in [7, 11) is -5.19. The standard InChI is InChI=1S/C23H18F7O6PS2.Ag/c1-10(2)7-15(31)38-6-5-35-37(33,34)23(29,30)12-3-4-13-11(8-12)9-14(39-13)22(32)36-21-19(27)17(25)16(24)18(26)20(21)28;/h3-4,8-10H,5-7H2,1-2H3,(H,33,34);/q;+1/p-1. The Hall–Kier alpha value is -1.71. The van der Waals surface area contributed by atoms with Gasteiger partial charge in [-0.15, -0.1) is 0 Å². The molecule has 6 nitrogen and oxygen atoms in total. The number of thioether (sulfide) groups is 1. The molecule has 3 rings (SSSR count). The third-order valence-electron chi connectivity index (χ3n) is 5.03. The summed E-state index contributed by atoms with van der Waals surface area (Å²) in [6.45, 7) is 3.14. The molecule has 1 atom stereocenters. The molecular weight excluding hydrogens is 708 g/mol. The van der Waals surface area contributed by atoms with Crippen molar-refractivity contribution in [2.75, 3.05) is 12.4 Å². The van der Waals surface area contributed by atoms with Gasteiger partial charge in [0.05, 0.1) is 0 Å². The molecular formula is C23H17AgF7O6PS2. The van der Waals surface area contributed by atoms with Crippen LogP contribution in [0, 0.1) is 35.0 Å². The second kappa shape index (κ2) is 13.1. The minimum atomic E-state index is -5.19. The number of fused-ring (bicyclic) bond motifs is 1. The summed E-state index contributed by atoms with van der Waals surface area (Å²) < 4.78 is 125. The number of benzene rings is 2. The van der Waals surface area contributed by atoms with Crippen LogP contribution >= 0.6 is 30.7 Å². The molecule has 0 saturated carbocycles. The molecule has 0 fully saturated rings. The van der Waals surface area contributed by atoms with Crippen molar-refractivity contribution in [3.05, 3.63) is 63.8 Å². The van der Waals surface area contributed by atoms with Gasteiger partial charge in [0, 0.05) is 0 Å². The van der Waals surface area contributed by atoms with Gasteiger partial charge in [-0.25, -0.2) is 13.2 Å². The number of rotatable bonds is 11. The molecule has 0 saturated heterocycles. The van der Waals surface area contributed by atoms with Gasteiger partial charge in [0.15, 0.2) is 0 Å². The van der Waals surface area contributed by atoms with E-state index < -0.39 is 71.1 Å². The van der Waals surface area contributed by atoms with Gasteiger partial charge in [-0.2, -0.15) is 8.78 Å². The second-order valence-electron chi connectivity index (χ2n) is 8.40. The predicted molar refractivity (Wildman–Crippen MR) is 128 cm³/mol. The van der Waals surface area contributed by atoms with Crippen LogP contribution in [-0.4, -0.2) is 23.4 Å². The molecule has 1 heterocycles. The SMILES string of the molecule is CC(C)CC(=O)SCCOP(=O)([O][Ag])C(F)(F)c1ccc2sc(C(=O)Oc3c(F)c(F)c(F)c(F)c3F)cc2c1. The first-order valence-corrected chi connectivity index (χ1v) is 14.9. The summed E-state index contributed by atoms with van der Waals surface area (Å²) in [5.41, 5.74) is -5.09. The summed E-state index contributed by atoms with van der Waals surface area (Å²) in [4.78, 5) is 23.7. The zero-order valence-electron chi connectivity index (χ0n) is 20.2. The number of alkyl halides is 2. The van der Waals surface area contributed by atoms with Crippen LogP contribution < -0.4 is 4.74 Å². The molecule has 1 aromatic heterocycles. The van der Waals surface area contributed by atoms with Crippen LogP contribution in [0.1, 0.15) is 35.5 Å². The van der Waals surface area contributed by atoms with Crippen LogP contribution in [0.5, 0.6) is 5.75 Å². The van der Waals surface area contributed by atoms with Gasteiger partial charge >= 0.3 is 205 Å². The fourth-order valence-corrected chi connectivity index (χ4v) is 6.83. The first-order chi connectivity index (χ1) is 18.6. The number of hydrogen-bond acceptors (Lipinski definition) is 8. The Morgan fingerprint density at radius 2 is 1.62 bits per heavy atom.